The van der Waals surface area contributed by atoms with Gasteiger partial charge in [-0.15, -0.1) is 0 Å². The third-order valence-electron chi connectivity index (χ3n) is 4.84. The van der Waals surface area contributed by atoms with E-state index in [2.05, 4.69) is 19.2 Å². The van der Waals surface area contributed by atoms with Crippen LogP contribution >= 0.6 is 11.6 Å². The number of halogens is 2. The summed E-state index contributed by atoms with van der Waals surface area (Å²) in [6.45, 7) is 5.77. The molecule has 0 aliphatic heterocycles. The van der Waals surface area contributed by atoms with Crippen molar-refractivity contribution in [3.05, 3.63) is 34.6 Å². The van der Waals surface area contributed by atoms with E-state index in [1.54, 1.807) is 0 Å². The van der Waals surface area contributed by atoms with Crippen molar-refractivity contribution in [2.24, 2.45) is 11.8 Å². The van der Waals surface area contributed by atoms with E-state index < -0.39 is 17.9 Å². The Balaban J connectivity index is 1.96. The maximum absolute atomic E-state index is 13.7. The minimum absolute atomic E-state index is 0.0744. The third-order valence-corrected chi connectivity index (χ3v) is 5.07. The van der Waals surface area contributed by atoms with Gasteiger partial charge in [-0.05, 0) is 43.4 Å². The molecule has 1 aliphatic carbocycles. The summed E-state index contributed by atoms with van der Waals surface area (Å²) >= 11 is 5.76. The zero-order chi connectivity index (χ0) is 17.9. The minimum atomic E-state index is -1.000. The van der Waals surface area contributed by atoms with Crippen LogP contribution in [0.3, 0.4) is 0 Å². The van der Waals surface area contributed by atoms with Crippen molar-refractivity contribution in [2.45, 2.75) is 52.2 Å². The smallest absolute Gasteiger partial charge is 0.341 e. The first-order valence-corrected chi connectivity index (χ1v) is 8.63. The predicted octanol–water partition coefficient (Wildman–Crippen LogP) is 3.97. The van der Waals surface area contributed by atoms with Crippen LogP contribution in [0, 0.1) is 17.7 Å². The lowest BCUT2D eigenvalue weighted by molar-refractivity contribution is -0.130. The van der Waals surface area contributed by atoms with E-state index in [0.29, 0.717) is 11.8 Å². The van der Waals surface area contributed by atoms with Crippen molar-refractivity contribution in [3.8, 4) is 0 Å². The molecule has 0 heterocycles. The van der Waals surface area contributed by atoms with E-state index in [4.69, 9.17) is 16.3 Å². The molecule has 0 aromatic heterocycles. The van der Waals surface area contributed by atoms with Gasteiger partial charge in [0.2, 0.25) is 0 Å². The molecule has 0 unspecified atom stereocenters. The molecule has 0 saturated heterocycles. The van der Waals surface area contributed by atoms with Crippen molar-refractivity contribution in [1.29, 1.82) is 0 Å². The van der Waals surface area contributed by atoms with Gasteiger partial charge < -0.3 is 10.1 Å². The van der Waals surface area contributed by atoms with E-state index in [0.717, 1.165) is 25.3 Å². The molecule has 4 atom stereocenters. The van der Waals surface area contributed by atoms with Crippen molar-refractivity contribution >= 4 is 23.5 Å². The van der Waals surface area contributed by atoms with Gasteiger partial charge in [-0.2, -0.15) is 0 Å². The van der Waals surface area contributed by atoms with Gasteiger partial charge in [-0.3, -0.25) is 4.79 Å². The molecule has 1 N–H and O–H groups in total. The summed E-state index contributed by atoms with van der Waals surface area (Å²) in [6.07, 6.45) is 2.14. The zero-order valence-electron chi connectivity index (χ0n) is 14.1. The van der Waals surface area contributed by atoms with Crippen LogP contribution in [0.1, 0.15) is 50.4 Å². The Bertz CT molecular complexity index is 622. The van der Waals surface area contributed by atoms with E-state index >= 15 is 0 Å². The van der Waals surface area contributed by atoms with E-state index in [-0.39, 0.29) is 22.5 Å². The van der Waals surface area contributed by atoms with Crippen molar-refractivity contribution in [3.63, 3.8) is 0 Å². The topological polar surface area (TPSA) is 55.4 Å². The van der Waals surface area contributed by atoms with E-state index in [9.17, 15) is 14.0 Å². The Morgan fingerprint density at radius 3 is 2.75 bits per heavy atom. The van der Waals surface area contributed by atoms with Gasteiger partial charge in [0.15, 0.2) is 6.10 Å². The first-order valence-electron chi connectivity index (χ1n) is 8.26. The second-order valence-corrected chi connectivity index (χ2v) is 6.99. The molecule has 1 amide bonds. The molecule has 1 saturated carbocycles. The van der Waals surface area contributed by atoms with Crippen LogP contribution in [0.15, 0.2) is 18.2 Å². The summed E-state index contributed by atoms with van der Waals surface area (Å²) in [5.74, 6) is -1.08. The number of esters is 1. The van der Waals surface area contributed by atoms with Gasteiger partial charge in [0.25, 0.3) is 5.91 Å². The van der Waals surface area contributed by atoms with Crippen molar-refractivity contribution < 1.29 is 18.7 Å². The van der Waals surface area contributed by atoms with Gasteiger partial charge >= 0.3 is 5.97 Å². The van der Waals surface area contributed by atoms with Gasteiger partial charge in [0.1, 0.15) is 5.82 Å². The third kappa shape index (κ3) is 4.47. The number of carbonyl (C=O) groups is 2. The van der Waals surface area contributed by atoms with Crippen LogP contribution < -0.4 is 5.32 Å². The maximum Gasteiger partial charge on any atom is 0.341 e. The zero-order valence-corrected chi connectivity index (χ0v) is 14.9. The largest absolute Gasteiger partial charge is 0.449 e. The fraction of sp³-hybridized carbons (Fsp3) is 0.556. The molecule has 1 fully saturated rings. The molecule has 6 heteroatoms. The number of carbonyl (C=O) groups excluding carboxylic acids is 2. The predicted molar refractivity (Wildman–Crippen MR) is 90.4 cm³/mol. The first-order chi connectivity index (χ1) is 11.3. The normalized spacial score (nSPS) is 25.0. The number of amides is 1. The highest BCUT2D eigenvalue weighted by Crippen LogP contribution is 2.29. The number of ether oxygens (including phenoxy) is 1. The number of hydrogen-bond acceptors (Lipinski definition) is 3. The SMILES string of the molecule is C[C@@H]1[C@H](C)CCC[C@H]1NC(=O)[C@@H](C)OC(=O)c1cc(Cl)ccc1F. The molecule has 1 aromatic rings. The Kier molecular flexibility index (Phi) is 6.21. The molecule has 2 rings (SSSR count). The summed E-state index contributed by atoms with van der Waals surface area (Å²) in [5, 5.41) is 3.17. The second kappa shape index (κ2) is 7.97. The molecule has 1 aromatic carbocycles. The standard InChI is InChI=1S/C18H23ClFNO3/c1-10-5-4-6-16(11(10)2)21-17(22)12(3)24-18(23)14-9-13(19)7-8-15(14)20/h7-12,16H,4-6H2,1-3H3,(H,21,22)/t10-,11-,12-,16-/m1/s1. The molecule has 0 radical (unpaired) electrons. The van der Waals surface area contributed by atoms with Gasteiger partial charge in [-0.25, -0.2) is 9.18 Å². The monoisotopic (exact) mass is 355 g/mol. The average molecular weight is 356 g/mol. The number of hydrogen-bond donors (Lipinski definition) is 1. The lowest BCUT2D eigenvalue weighted by Gasteiger charge is -2.35. The first kappa shape index (κ1) is 18.7. The van der Waals surface area contributed by atoms with Crippen molar-refractivity contribution in [2.75, 3.05) is 0 Å². The van der Waals surface area contributed by atoms with E-state index in [1.165, 1.54) is 19.1 Å². The summed E-state index contributed by atoms with van der Waals surface area (Å²) in [4.78, 5) is 24.3. The van der Waals surface area contributed by atoms with Crippen LogP contribution in [0.5, 0.6) is 0 Å². The fourth-order valence-electron chi connectivity index (χ4n) is 3.02. The Morgan fingerprint density at radius 1 is 1.33 bits per heavy atom. The lowest BCUT2D eigenvalue weighted by atomic mass is 9.78. The Labute approximate surface area is 146 Å². The average Bonchev–Trinajstić information content (AvgIpc) is 2.53. The number of rotatable bonds is 4. The highest BCUT2D eigenvalue weighted by atomic mass is 35.5. The number of benzene rings is 1. The Hall–Kier alpha value is -1.62. The minimum Gasteiger partial charge on any atom is -0.449 e. The van der Waals surface area contributed by atoms with Gasteiger partial charge in [0.05, 0.1) is 5.56 Å². The summed E-state index contributed by atoms with van der Waals surface area (Å²) < 4.78 is 18.8. The molecule has 0 spiro atoms. The summed E-state index contributed by atoms with van der Waals surface area (Å²) in [6, 6.07) is 3.70. The molecule has 1 aliphatic rings. The van der Waals surface area contributed by atoms with Crippen LogP contribution in [0.25, 0.3) is 0 Å². The Morgan fingerprint density at radius 2 is 2.04 bits per heavy atom. The fourth-order valence-corrected chi connectivity index (χ4v) is 3.19. The molecule has 24 heavy (non-hydrogen) atoms. The van der Waals surface area contributed by atoms with Crippen molar-refractivity contribution in [1.82, 2.24) is 5.32 Å². The second-order valence-electron chi connectivity index (χ2n) is 6.55. The van der Waals surface area contributed by atoms with E-state index in [1.807, 2.05) is 0 Å². The van der Waals surface area contributed by atoms with Gasteiger partial charge in [-0.1, -0.05) is 38.3 Å². The van der Waals surface area contributed by atoms with Crippen LogP contribution in [0.4, 0.5) is 4.39 Å². The summed E-state index contributed by atoms with van der Waals surface area (Å²) in [7, 11) is 0. The highest BCUT2D eigenvalue weighted by Gasteiger charge is 2.30. The van der Waals surface area contributed by atoms with Crippen LogP contribution in [-0.4, -0.2) is 24.0 Å². The van der Waals surface area contributed by atoms with Crippen LogP contribution in [0.2, 0.25) is 5.02 Å². The van der Waals surface area contributed by atoms with Gasteiger partial charge in [0, 0.05) is 11.1 Å². The lowest BCUT2D eigenvalue weighted by Crippen LogP contribution is -2.47. The maximum atomic E-state index is 13.7. The number of nitrogens with one attached hydrogen (secondary N) is 1. The highest BCUT2D eigenvalue weighted by molar-refractivity contribution is 6.30. The molecule has 4 nitrogen and oxygen atoms in total. The molecular weight excluding hydrogens is 333 g/mol. The molecule has 0 bridgehead atoms. The molecule has 132 valence electrons. The molecular formula is C18H23ClFNO3. The quantitative estimate of drug-likeness (QED) is 0.831. The summed E-state index contributed by atoms with van der Waals surface area (Å²) in [5.41, 5.74) is -0.276. The van der Waals surface area contributed by atoms with Crippen LogP contribution in [-0.2, 0) is 9.53 Å².